The molecule has 3 fully saturated rings. The highest BCUT2D eigenvalue weighted by molar-refractivity contribution is 6.04. The number of rotatable bonds is 6. The first-order valence-electron chi connectivity index (χ1n) is 11.8. The van der Waals surface area contributed by atoms with Crippen LogP contribution >= 0.6 is 0 Å². The third-order valence-corrected chi connectivity index (χ3v) is 6.66. The van der Waals surface area contributed by atoms with E-state index in [4.69, 9.17) is 14.0 Å². The van der Waals surface area contributed by atoms with E-state index < -0.39 is 0 Å². The van der Waals surface area contributed by atoms with E-state index in [1.54, 1.807) is 0 Å². The van der Waals surface area contributed by atoms with Crippen LogP contribution in [0.25, 0.3) is 11.3 Å². The lowest BCUT2D eigenvalue weighted by Crippen LogP contribution is -2.46. The van der Waals surface area contributed by atoms with Crippen LogP contribution in [0.5, 0.6) is 0 Å². The van der Waals surface area contributed by atoms with Gasteiger partial charge in [0.15, 0.2) is 11.6 Å². The number of hydrogen-bond donors (Lipinski definition) is 1. The number of nitrogens with one attached hydrogen (secondary N) is 1. The number of nitrogens with zero attached hydrogens (tertiary/aromatic N) is 3. The molecule has 0 radical (unpaired) electrons. The molecule has 2 aromatic rings. The first-order chi connectivity index (χ1) is 15.8. The molecule has 1 atom stereocenters. The fourth-order valence-corrected chi connectivity index (χ4v) is 4.86. The molecular weight excluding hydrogens is 408 g/mol. The summed E-state index contributed by atoms with van der Waals surface area (Å²) in [5, 5.41) is 7.58. The van der Waals surface area contributed by atoms with Gasteiger partial charge in [-0.25, -0.2) is 0 Å². The topological polar surface area (TPSA) is 80.1 Å². The second-order valence-corrected chi connectivity index (χ2v) is 8.86. The van der Waals surface area contributed by atoms with Crippen molar-refractivity contribution in [3.63, 3.8) is 0 Å². The number of amides is 1. The summed E-state index contributed by atoms with van der Waals surface area (Å²) in [6, 6.07) is 9.88. The summed E-state index contributed by atoms with van der Waals surface area (Å²) < 4.78 is 17.0. The summed E-state index contributed by atoms with van der Waals surface area (Å²) in [6.07, 6.45) is 4.60. The van der Waals surface area contributed by atoms with Crippen molar-refractivity contribution in [3.05, 3.63) is 35.9 Å². The van der Waals surface area contributed by atoms with Crippen LogP contribution in [0, 0.1) is 0 Å². The van der Waals surface area contributed by atoms with Crippen molar-refractivity contribution in [2.24, 2.45) is 0 Å². The van der Waals surface area contributed by atoms with Gasteiger partial charge in [0.25, 0.3) is 5.91 Å². The van der Waals surface area contributed by atoms with Crippen molar-refractivity contribution >= 4 is 11.7 Å². The number of benzene rings is 1. The van der Waals surface area contributed by atoms with Gasteiger partial charge in [-0.1, -0.05) is 35.5 Å². The number of hydrogen-bond acceptors (Lipinski definition) is 7. The zero-order valence-corrected chi connectivity index (χ0v) is 18.5. The Balaban J connectivity index is 1.28. The zero-order chi connectivity index (χ0) is 21.8. The number of morpholine rings is 1. The van der Waals surface area contributed by atoms with Crippen molar-refractivity contribution in [2.45, 2.75) is 37.8 Å². The van der Waals surface area contributed by atoms with Gasteiger partial charge in [0.05, 0.1) is 19.3 Å². The zero-order valence-electron chi connectivity index (χ0n) is 18.5. The summed E-state index contributed by atoms with van der Waals surface area (Å²) in [4.78, 5) is 18.0. The van der Waals surface area contributed by atoms with E-state index >= 15 is 0 Å². The van der Waals surface area contributed by atoms with Crippen molar-refractivity contribution in [3.8, 4) is 11.3 Å². The first-order valence-corrected chi connectivity index (χ1v) is 11.8. The Bertz CT molecular complexity index is 883. The smallest absolute Gasteiger partial charge is 0.259 e. The molecule has 8 heteroatoms. The van der Waals surface area contributed by atoms with Gasteiger partial charge in [-0.3, -0.25) is 4.79 Å². The van der Waals surface area contributed by atoms with Gasteiger partial charge in [-0.05, 0) is 25.7 Å². The van der Waals surface area contributed by atoms with E-state index in [1.807, 2.05) is 30.3 Å². The first kappa shape index (κ1) is 21.4. The van der Waals surface area contributed by atoms with Crippen LogP contribution in [0.2, 0.25) is 0 Å². The normalized spacial score (nSPS) is 22.9. The average Bonchev–Trinajstić information content (AvgIpc) is 3.52. The fraction of sp³-hybridized carbons (Fsp3) is 0.583. The molecule has 3 aliphatic heterocycles. The highest BCUT2D eigenvalue weighted by Crippen LogP contribution is 2.32. The van der Waals surface area contributed by atoms with Crippen molar-refractivity contribution in [1.82, 2.24) is 15.4 Å². The molecule has 5 rings (SSSR count). The standard InChI is InChI=1S/C24H32N4O4/c29-24(25-19-8-10-27(11-9-19)17-20-7-4-14-31-20)21-22(18-5-2-1-3-6-18)32-26-23(21)28-12-15-30-16-13-28/h1-3,5-6,19-20H,4,7-17H2,(H,25,29). The molecule has 1 amide bonds. The largest absolute Gasteiger partial charge is 0.378 e. The van der Waals surface area contributed by atoms with E-state index in [0.717, 1.165) is 51.1 Å². The van der Waals surface area contributed by atoms with Crippen LogP contribution in [0.3, 0.4) is 0 Å². The summed E-state index contributed by atoms with van der Waals surface area (Å²) in [5.41, 5.74) is 1.39. The van der Waals surface area contributed by atoms with Crippen LogP contribution < -0.4 is 10.2 Å². The number of anilines is 1. The van der Waals surface area contributed by atoms with Gasteiger partial charge >= 0.3 is 0 Å². The maximum Gasteiger partial charge on any atom is 0.259 e. The predicted octanol–water partition coefficient (Wildman–Crippen LogP) is 2.55. The molecule has 0 bridgehead atoms. The molecule has 32 heavy (non-hydrogen) atoms. The molecule has 3 aliphatic rings. The highest BCUT2D eigenvalue weighted by atomic mass is 16.5. The molecular formula is C24H32N4O4. The van der Waals surface area contributed by atoms with Crippen LogP contribution in [0.4, 0.5) is 5.82 Å². The Morgan fingerprint density at radius 3 is 2.53 bits per heavy atom. The Kier molecular flexibility index (Phi) is 6.71. The second kappa shape index (κ2) is 10.0. The number of aromatic nitrogens is 1. The Morgan fingerprint density at radius 1 is 1.03 bits per heavy atom. The molecule has 0 saturated carbocycles. The number of carbonyl (C=O) groups is 1. The Labute approximate surface area is 188 Å². The van der Waals surface area contributed by atoms with Crippen LogP contribution in [-0.4, -0.2) is 80.7 Å². The summed E-state index contributed by atoms with van der Waals surface area (Å²) >= 11 is 0. The van der Waals surface area contributed by atoms with E-state index in [9.17, 15) is 4.79 Å². The minimum Gasteiger partial charge on any atom is -0.378 e. The van der Waals surface area contributed by atoms with Crippen LogP contribution in [0.1, 0.15) is 36.0 Å². The highest BCUT2D eigenvalue weighted by Gasteiger charge is 2.31. The van der Waals surface area contributed by atoms with E-state index in [0.29, 0.717) is 49.5 Å². The van der Waals surface area contributed by atoms with Crippen molar-refractivity contribution in [1.29, 1.82) is 0 Å². The van der Waals surface area contributed by atoms with Gasteiger partial charge in [0.1, 0.15) is 5.56 Å². The minimum absolute atomic E-state index is 0.107. The molecule has 1 aromatic heterocycles. The van der Waals surface area contributed by atoms with Gasteiger partial charge in [0, 0.05) is 50.9 Å². The maximum atomic E-state index is 13.5. The number of piperidine rings is 1. The van der Waals surface area contributed by atoms with E-state index in [2.05, 4.69) is 20.3 Å². The van der Waals surface area contributed by atoms with Gasteiger partial charge < -0.3 is 29.1 Å². The fourth-order valence-electron chi connectivity index (χ4n) is 4.86. The second-order valence-electron chi connectivity index (χ2n) is 8.86. The molecule has 0 spiro atoms. The SMILES string of the molecule is O=C(NC1CCN(CC2CCCO2)CC1)c1c(N2CCOCC2)noc1-c1ccccc1. The minimum atomic E-state index is -0.107. The number of carbonyl (C=O) groups excluding carboxylic acids is 1. The van der Waals surface area contributed by atoms with Crippen LogP contribution in [-0.2, 0) is 9.47 Å². The third-order valence-electron chi connectivity index (χ3n) is 6.66. The van der Waals surface area contributed by atoms with Gasteiger partial charge in [0.2, 0.25) is 0 Å². The molecule has 1 unspecified atom stereocenters. The van der Waals surface area contributed by atoms with E-state index in [-0.39, 0.29) is 11.9 Å². The average molecular weight is 441 g/mol. The van der Waals surface area contributed by atoms with Crippen molar-refractivity contribution < 1.29 is 18.8 Å². The molecule has 4 heterocycles. The summed E-state index contributed by atoms with van der Waals surface area (Å²) in [7, 11) is 0. The molecule has 172 valence electrons. The monoisotopic (exact) mass is 440 g/mol. The molecule has 0 aliphatic carbocycles. The summed E-state index contributed by atoms with van der Waals surface area (Å²) in [5.74, 6) is 1.03. The molecule has 3 saturated heterocycles. The van der Waals surface area contributed by atoms with Gasteiger partial charge in [-0.2, -0.15) is 0 Å². The van der Waals surface area contributed by atoms with Crippen molar-refractivity contribution in [2.75, 3.05) is 57.4 Å². The molecule has 8 nitrogen and oxygen atoms in total. The lowest BCUT2D eigenvalue weighted by Gasteiger charge is -2.33. The van der Waals surface area contributed by atoms with Gasteiger partial charge in [-0.15, -0.1) is 0 Å². The lowest BCUT2D eigenvalue weighted by molar-refractivity contribution is 0.0613. The lowest BCUT2D eigenvalue weighted by atomic mass is 10.0. The third kappa shape index (κ3) is 4.82. The Morgan fingerprint density at radius 2 is 1.81 bits per heavy atom. The quantitative estimate of drug-likeness (QED) is 0.739. The summed E-state index contributed by atoms with van der Waals surface area (Å²) in [6.45, 7) is 6.50. The van der Waals surface area contributed by atoms with Crippen LogP contribution in [0.15, 0.2) is 34.9 Å². The number of ether oxygens (including phenoxy) is 2. The number of likely N-dealkylation sites (tertiary alicyclic amines) is 1. The Hall–Kier alpha value is -2.42. The molecule has 1 aromatic carbocycles. The predicted molar refractivity (Wildman–Crippen MR) is 121 cm³/mol. The maximum absolute atomic E-state index is 13.5. The molecule has 1 N–H and O–H groups in total. The van der Waals surface area contributed by atoms with E-state index in [1.165, 1.54) is 6.42 Å².